The van der Waals surface area contributed by atoms with Gasteiger partial charge in [0.2, 0.25) is 0 Å². The van der Waals surface area contributed by atoms with Gasteiger partial charge < -0.3 is 4.90 Å². The van der Waals surface area contributed by atoms with Gasteiger partial charge in [0, 0.05) is 13.1 Å². The average molecular weight is 352 g/mol. The molecule has 23 heavy (non-hydrogen) atoms. The lowest BCUT2D eigenvalue weighted by molar-refractivity contribution is 0.734. The van der Waals surface area contributed by atoms with Crippen LogP contribution in [0, 0.1) is 13.8 Å². The summed E-state index contributed by atoms with van der Waals surface area (Å²) in [5, 5.41) is 1.14. The number of hydrogen-bond donors (Lipinski definition) is 0. The molecule has 0 bridgehead atoms. The van der Waals surface area contributed by atoms with Gasteiger partial charge in [0.25, 0.3) is 0 Å². The molecule has 0 N–H and O–H groups in total. The Morgan fingerprint density at radius 1 is 0.913 bits per heavy atom. The highest BCUT2D eigenvalue weighted by atomic mass is 35.5. The summed E-state index contributed by atoms with van der Waals surface area (Å²) in [6.45, 7) is 10.4. The van der Waals surface area contributed by atoms with Crippen molar-refractivity contribution in [3.63, 3.8) is 0 Å². The van der Waals surface area contributed by atoms with Crippen LogP contribution >= 0.6 is 23.2 Å². The van der Waals surface area contributed by atoms with E-state index in [9.17, 15) is 0 Å². The van der Waals surface area contributed by atoms with E-state index in [4.69, 9.17) is 23.2 Å². The highest BCUT2D eigenvalue weighted by molar-refractivity contribution is 6.38. The van der Waals surface area contributed by atoms with Crippen LogP contribution in [-0.2, 0) is 0 Å². The lowest BCUT2D eigenvalue weighted by Gasteiger charge is -2.26. The van der Waals surface area contributed by atoms with Crippen LogP contribution < -0.4 is 4.90 Å². The zero-order valence-corrected chi connectivity index (χ0v) is 15.7. The maximum atomic E-state index is 6.30. The fourth-order valence-corrected chi connectivity index (χ4v) is 3.43. The highest BCUT2D eigenvalue weighted by Crippen LogP contribution is 2.34. The molecule has 0 fully saturated rings. The molecule has 5 heteroatoms. The number of halogens is 2. The van der Waals surface area contributed by atoms with Crippen LogP contribution in [0.4, 0.5) is 5.69 Å². The first-order chi connectivity index (χ1) is 11.0. The van der Waals surface area contributed by atoms with Crippen LogP contribution in [0.15, 0.2) is 18.2 Å². The lowest BCUT2D eigenvalue weighted by atomic mass is 10.1. The van der Waals surface area contributed by atoms with Gasteiger partial charge in [-0.3, -0.25) is 0 Å². The average Bonchev–Trinajstić information content (AvgIpc) is 2.47. The molecule has 1 aromatic carbocycles. The first-order valence-corrected chi connectivity index (χ1v) is 8.79. The first kappa shape index (κ1) is 18.0. The Bertz CT molecular complexity index is 637. The van der Waals surface area contributed by atoms with E-state index in [1.54, 1.807) is 0 Å². The van der Waals surface area contributed by atoms with E-state index < -0.39 is 0 Å². The Labute approximate surface area is 148 Å². The molecule has 0 saturated heterocycles. The van der Waals surface area contributed by atoms with Crippen molar-refractivity contribution in [1.82, 2.24) is 9.97 Å². The summed E-state index contributed by atoms with van der Waals surface area (Å²) in [6, 6.07) is 5.45. The van der Waals surface area contributed by atoms with Crippen molar-refractivity contribution >= 4 is 28.9 Å². The monoisotopic (exact) mass is 351 g/mol. The summed E-state index contributed by atoms with van der Waals surface area (Å²) in [5.41, 5.74) is 3.75. The zero-order chi connectivity index (χ0) is 17.0. The molecule has 0 amide bonds. The van der Waals surface area contributed by atoms with Gasteiger partial charge in [-0.1, -0.05) is 43.1 Å². The van der Waals surface area contributed by atoms with Gasteiger partial charge in [0.1, 0.15) is 0 Å². The predicted molar refractivity (Wildman–Crippen MR) is 99.8 cm³/mol. The van der Waals surface area contributed by atoms with Crippen LogP contribution in [0.5, 0.6) is 0 Å². The molecule has 2 rings (SSSR count). The topological polar surface area (TPSA) is 29.0 Å². The predicted octanol–water partition coefficient (Wildman–Crippen LogP) is 5.69. The van der Waals surface area contributed by atoms with Gasteiger partial charge in [-0.05, 0) is 38.8 Å². The summed E-state index contributed by atoms with van der Waals surface area (Å²) in [6.07, 6.45) is 2.19. The second kappa shape index (κ2) is 7.98. The van der Waals surface area contributed by atoms with E-state index in [1.165, 1.54) is 0 Å². The van der Waals surface area contributed by atoms with Crippen LogP contribution in [-0.4, -0.2) is 23.1 Å². The SMILES string of the molecule is CCCN(CCC)c1c(C)nc(-c2c(Cl)cccc2Cl)nc1C. The van der Waals surface area contributed by atoms with Gasteiger partial charge in [-0.25, -0.2) is 9.97 Å². The molecule has 1 heterocycles. The molecule has 2 aromatic rings. The number of aryl methyl sites for hydroxylation is 2. The third-order valence-corrected chi connectivity index (χ3v) is 4.35. The fourth-order valence-electron chi connectivity index (χ4n) is 2.87. The minimum absolute atomic E-state index is 0.572. The second-order valence-corrected chi connectivity index (χ2v) is 6.46. The molecule has 0 spiro atoms. The first-order valence-electron chi connectivity index (χ1n) is 8.04. The van der Waals surface area contributed by atoms with Crippen LogP contribution in [0.2, 0.25) is 10.0 Å². The Morgan fingerprint density at radius 3 is 1.83 bits per heavy atom. The molecule has 1 aromatic heterocycles. The summed E-state index contributed by atoms with van der Waals surface area (Å²) >= 11 is 12.6. The van der Waals surface area contributed by atoms with Gasteiger partial charge in [-0.2, -0.15) is 0 Å². The molecule has 124 valence electrons. The summed E-state index contributed by atoms with van der Waals surface area (Å²) in [4.78, 5) is 11.7. The molecular weight excluding hydrogens is 329 g/mol. The van der Waals surface area contributed by atoms with Gasteiger partial charge >= 0.3 is 0 Å². The van der Waals surface area contributed by atoms with Gasteiger partial charge in [0.05, 0.1) is 32.7 Å². The van der Waals surface area contributed by atoms with E-state index in [2.05, 4.69) is 28.7 Å². The molecule has 0 aliphatic rings. The largest absolute Gasteiger partial charge is 0.369 e. The molecule has 0 radical (unpaired) electrons. The minimum Gasteiger partial charge on any atom is -0.369 e. The van der Waals surface area contributed by atoms with Crippen molar-refractivity contribution in [3.8, 4) is 11.4 Å². The van der Waals surface area contributed by atoms with E-state index in [0.717, 1.165) is 43.0 Å². The summed E-state index contributed by atoms with van der Waals surface area (Å²) < 4.78 is 0. The van der Waals surface area contributed by atoms with Gasteiger partial charge in [0.15, 0.2) is 5.82 Å². The molecule has 0 saturated carbocycles. The number of hydrogen-bond acceptors (Lipinski definition) is 3. The molecule has 3 nitrogen and oxygen atoms in total. The number of benzene rings is 1. The Kier molecular flexibility index (Phi) is 6.25. The normalized spacial score (nSPS) is 10.9. The maximum Gasteiger partial charge on any atom is 0.162 e. The molecule has 0 aliphatic carbocycles. The van der Waals surface area contributed by atoms with E-state index in [1.807, 2.05) is 32.0 Å². The van der Waals surface area contributed by atoms with Crippen LogP contribution in [0.3, 0.4) is 0 Å². The van der Waals surface area contributed by atoms with Crippen molar-refractivity contribution in [2.75, 3.05) is 18.0 Å². The highest BCUT2D eigenvalue weighted by Gasteiger charge is 2.18. The van der Waals surface area contributed by atoms with Crippen molar-refractivity contribution < 1.29 is 0 Å². The Hall–Kier alpha value is -1.32. The van der Waals surface area contributed by atoms with Crippen LogP contribution in [0.1, 0.15) is 38.1 Å². The molecule has 0 aliphatic heterocycles. The van der Waals surface area contributed by atoms with E-state index in [0.29, 0.717) is 21.4 Å². The smallest absolute Gasteiger partial charge is 0.162 e. The number of anilines is 1. The Morgan fingerprint density at radius 2 is 1.39 bits per heavy atom. The van der Waals surface area contributed by atoms with E-state index in [-0.39, 0.29) is 0 Å². The second-order valence-electron chi connectivity index (χ2n) is 5.65. The van der Waals surface area contributed by atoms with Crippen molar-refractivity contribution in [1.29, 1.82) is 0 Å². The molecule has 0 atom stereocenters. The minimum atomic E-state index is 0.572. The van der Waals surface area contributed by atoms with Gasteiger partial charge in [-0.15, -0.1) is 0 Å². The van der Waals surface area contributed by atoms with Crippen molar-refractivity contribution in [2.45, 2.75) is 40.5 Å². The Balaban J connectivity index is 2.52. The van der Waals surface area contributed by atoms with Crippen molar-refractivity contribution in [3.05, 3.63) is 39.6 Å². The third-order valence-electron chi connectivity index (χ3n) is 3.72. The lowest BCUT2D eigenvalue weighted by Crippen LogP contribution is -2.27. The van der Waals surface area contributed by atoms with E-state index >= 15 is 0 Å². The molecular formula is C18H23Cl2N3. The van der Waals surface area contributed by atoms with Crippen LogP contribution in [0.25, 0.3) is 11.4 Å². The fraction of sp³-hybridized carbons (Fsp3) is 0.444. The zero-order valence-electron chi connectivity index (χ0n) is 14.2. The summed E-state index contributed by atoms with van der Waals surface area (Å²) in [7, 11) is 0. The molecule has 0 unspecified atom stereocenters. The number of aromatic nitrogens is 2. The third kappa shape index (κ3) is 3.96. The quantitative estimate of drug-likeness (QED) is 0.668. The summed E-state index contributed by atoms with van der Waals surface area (Å²) in [5.74, 6) is 0.590. The number of nitrogens with zero attached hydrogens (tertiary/aromatic N) is 3. The maximum absolute atomic E-state index is 6.30. The van der Waals surface area contributed by atoms with Crippen molar-refractivity contribution in [2.24, 2.45) is 0 Å². The standard InChI is InChI=1S/C18H23Cl2N3/c1-5-10-23(11-6-2)17-12(3)21-18(22-13(17)4)16-14(19)8-7-9-15(16)20/h7-9H,5-6,10-11H2,1-4H3. The number of rotatable bonds is 6.